The van der Waals surface area contributed by atoms with E-state index in [9.17, 15) is 4.79 Å². The summed E-state index contributed by atoms with van der Waals surface area (Å²) in [7, 11) is 3.92. The van der Waals surface area contributed by atoms with Gasteiger partial charge in [0.15, 0.2) is 0 Å². The van der Waals surface area contributed by atoms with E-state index in [-0.39, 0.29) is 12.3 Å². The highest BCUT2D eigenvalue weighted by molar-refractivity contribution is 6.30. The Hall–Kier alpha value is -2.20. The molecule has 0 atom stereocenters. The summed E-state index contributed by atoms with van der Waals surface area (Å²) in [5.74, 6) is 0.622. The minimum Gasteiger partial charge on any atom is -0.493 e. The van der Waals surface area contributed by atoms with Crippen molar-refractivity contribution in [2.75, 3.05) is 30.9 Å². The average molecular weight is 319 g/mol. The monoisotopic (exact) mass is 318 g/mol. The minimum atomic E-state index is -0.0788. The topological polar surface area (TPSA) is 41.6 Å². The van der Waals surface area contributed by atoms with Crippen LogP contribution < -0.4 is 15.0 Å². The molecule has 0 saturated carbocycles. The number of nitrogens with one attached hydrogen (secondary N) is 1. The summed E-state index contributed by atoms with van der Waals surface area (Å²) in [6, 6.07) is 14.8. The quantitative estimate of drug-likeness (QED) is 0.880. The predicted molar refractivity (Wildman–Crippen MR) is 91.0 cm³/mol. The largest absolute Gasteiger partial charge is 0.493 e. The van der Waals surface area contributed by atoms with Crippen LogP contribution in [-0.4, -0.2) is 26.6 Å². The fourth-order valence-electron chi connectivity index (χ4n) is 1.88. The maximum Gasteiger partial charge on any atom is 0.227 e. The number of carbonyl (C=O) groups excluding carboxylic acids is 1. The van der Waals surface area contributed by atoms with E-state index in [0.717, 1.165) is 11.4 Å². The lowest BCUT2D eigenvalue weighted by molar-refractivity contribution is -0.116. The molecule has 0 aromatic heterocycles. The molecule has 0 unspecified atom stereocenters. The SMILES string of the molecule is CN(C)c1cccc(NC(=O)CCOc2ccc(Cl)cc2)c1. The van der Waals surface area contributed by atoms with Crippen molar-refractivity contribution < 1.29 is 9.53 Å². The van der Waals surface area contributed by atoms with Gasteiger partial charge in [0.05, 0.1) is 13.0 Å². The van der Waals surface area contributed by atoms with Gasteiger partial charge in [-0.3, -0.25) is 4.79 Å². The molecule has 0 bridgehead atoms. The van der Waals surface area contributed by atoms with Crippen LogP contribution >= 0.6 is 11.6 Å². The van der Waals surface area contributed by atoms with Crippen molar-refractivity contribution >= 4 is 28.9 Å². The molecular weight excluding hydrogens is 300 g/mol. The Bertz CT molecular complexity index is 627. The van der Waals surface area contributed by atoms with Crippen LogP contribution in [0.5, 0.6) is 5.75 Å². The third-order valence-electron chi connectivity index (χ3n) is 3.06. The smallest absolute Gasteiger partial charge is 0.227 e. The van der Waals surface area contributed by atoms with E-state index in [2.05, 4.69) is 5.32 Å². The highest BCUT2D eigenvalue weighted by Gasteiger charge is 2.04. The Morgan fingerprint density at radius 2 is 1.91 bits per heavy atom. The summed E-state index contributed by atoms with van der Waals surface area (Å²) in [4.78, 5) is 13.9. The highest BCUT2D eigenvalue weighted by atomic mass is 35.5. The van der Waals surface area contributed by atoms with Gasteiger partial charge in [0.25, 0.3) is 0 Å². The van der Waals surface area contributed by atoms with Crippen molar-refractivity contribution in [2.24, 2.45) is 0 Å². The molecule has 2 aromatic rings. The van der Waals surface area contributed by atoms with E-state index < -0.39 is 0 Å². The Morgan fingerprint density at radius 1 is 1.18 bits per heavy atom. The summed E-state index contributed by atoms with van der Waals surface area (Å²) in [6.45, 7) is 0.320. The van der Waals surface area contributed by atoms with E-state index in [1.54, 1.807) is 24.3 Å². The molecule has 0 saturated heterocycles. The Balaban J connectivity index is 1.80. The summed E-state index contributed by atoms with van der Waals surface area (Å²) in [5, 5.41) is 3.52. The molecule has 0 heterocycles. The maximum absolute atomic E-state index is 11.9. The second-order valence-corrected chi connectivity index (χ2v) is 5.48. The van der Waals surface area contributed by atoms with Crippen LogP contribution in [0.25, 0.3) is 0 Å². The van der Waals surface area contributed by atoms with Crippen molar-refractivity contribution in [3.63, 3.8) is 0 Å². The van der Waals surface area contributed by atoms with Crippen LogP contribution in [0.2, 0.25) is 5.02 Å². The molecule has 0 aliphatic rings. The first-order valence-corrected chi connectivity index (χ1v) is 7.38. The van der Waals surface area contributed by atoms with E-state index in [1.807, 2.05) is 43.3 Å². The van der Waals surface area contributed by atoms with Crippen molar-refractivity contribution in [1.29, 1.82) is 0 Å². The number of benzene rings is 2. The second kappa shape index (κ2) is 7.71. The standard InChI is InChI=1S/C17H19ClN2O2/c1-20(2)15-5-3-4-14(12-15)19-17(21)10-11-22-16-8-6-13(18)7-9-16/h3-9,12H,10-11H2,1-2H3,(H,19,21). The third-order valence-corrected chi connectivity index (χ3v) is 3.31. The first-order valence-electron chi connectivity index (χ1n) is 7.00. The van der Waals surface area contributed by atoms with Crippen molar-refractivity contribution in [1.82, 2.24) is 0 Å². The van der Waals surface area contributed by atoms with Gasteiger partial charge in [-0.2, -0.15) is 0 Å². The van der Waals surface area contributed by atoms with Crippen LogP contribution in [0.15, 0.2) is 48.5 Å². The van der Waals surface area contributed by atoms with E-state index in [1.165, 1.54) is 0 Å². The van der Waals surface area contributed by atoms with Gasteiger partial charge < -0.3 is 15.0 Å². The molecule has 116 valence electrons. The van der Waals surface area contributed by atoms with Gasteiger partial charge in [-0.1, -0.05) is 17.7 Å². The summed E-state index contributed by atoms with van der Waals surface area (Å²) >= 11 is 5.80. The molecule has 1 N–H and O–H groups in total. The fraction of sp³-hybridized carbons (Fsp3) is 0.235. The number of amides is 1. The Kier molecular flexibility index (Phi) is 5.67. The maximum atomic E-state index is 11.9. The number of hydrogen-bond donors (Lipinski definition) is 1. The molecule has 2 rings (SSSR count). The van der Waals surface area contributed by atoms with Crippen LogP contribution in [0.3, 0.4) is 0 Å². The van der Waals surface area contributed by atoms with E-state index in [0.29, 0.717) is 17.4 Å². The zero-order chi connectivity index (χ0) is 15.9. The number of carbonyl (C=O) groups is 1. The minimum absolute atomic E-state index is 0.0788. The van der Waals surface area contributed by atoms with Gasteiger partial charge in [-0.25, -0.2) is 0 Å². The molecule has 1 amide bonds. The second-order valence-electron chi connectivity index (χ2n) is 5.05. The zero-order valence-electron chi connectivity index (χ0n) is 12.7. The van der Waals surface area contributed by atoms with Crippen LogP contribution in [-0.2, 0) is 4.79 Å². The Labute approximate surface area is 135 Å². The summed E-state index contributed by atoms with van der Waals surface area (Å²) in [5.41, 5.74) is 1.82. The number of anilines is 2. The lowest BCUT2D eigenvalue weighted by Crippen LogP contribution is -2.16. The molecule has 5 heteroatoms. The molecule has 0 radical (unpaired) electrons. The van der Waals surface area contributed by atoms with E-state index >= 15 is 0 Å². The van der Waals surface area contributed by atoms with Gasteiger partial charge in [-0.05, 0) is 42.5 Å². The van der Waals surface area contributed by atoms with E-state index in [4.69, 9.17) is 16.3 Å². The first-order chi connectivity index (χ1) is 10.5. The first kappa shape index (κ1) is 16.2. The lowest BCUT2D eigenvalue weighted by atomic mass is 10.2. The lowest BCUT2D eigenvalue weighted by Gasteiger charge is -2.14. The van der Waals surface area contributed by atoms with Crippen LogP contribution in [0.1, 0.15) is 6.42 Å². The molecule has 22 heavy (non-hydrogen) atoms. The average Bonchev–Trinajstić information content (AvgIpc) is 2.49. The number of halogens is 1. The number of rotatable bonds is 6. The number of nitrogens with zero attached hydrogens (tertiary/aromatic N) is 1. The molecule has 0 aliphatic carbocycles. The summed E-state index contributed by atoms with van der Waals surface area (Å²) < 4.78 is 5.50. The van der Waals surface area contributed by atoms with Gasteiger partial charge in [-0.15, -0.1) is 0 Å². The van der Waals surface area contributed by atoms with Gasteiger partial charge in [0, 0.05) is 30.5 Å². The van der Waals surface area contributed by atoms with Gasteiger partial charge in [0.1, 0.15) is 5.75 Å². The van der Waals surface area contributed by atoms with Crippen molar-refractivity contribution in [2.45, 2.75) is 6.42 Å². The Morgan fingerprint density at radius 3 is 2.59 bits per heavy atom. The summed E-state index contributed by atoms with van der Waals surface area (Å²) in [6.07, 6.45) is 0.287. The normalized spacial score (nSPS) is 10.1. The molecule has 0 spiro atoms. The van der Waals surface area contributed by atoms with Crippen LogP contribution in [0, 0.1) is 0 Å². The van der Waals surface area contributed by atoms with Crippen molar-refractivity contribution in [3.8, 4) is 5.75 Å². The van der Waals surface area contributed by atoms with Crippen LogP contribution in [0.4, 0.5) is 11.4 Å². The third kappa shape index (κ3) is 4.97. The molecule has 2 aromatic carbocycles. The number of ether oxygens (including phenoxy) is 1. The molecule has 0 fully saturated rings. The van der Waals surface area contributed by atoms with Gasteiger partial charge >= 0.3 is 0 Å². The highest BCUT2D eigenvalue weighted by Crippen LogP contribution is 2.18. The molecule has 0 aliphatic heterocycles. The predicted octanol–water partition coefficient (Wildman–Crippen LogP) is 3.81. The van der Waals surface area contributed by atoms with Gasteiger partial charge in [0.2, 0.25) is 5.91 Å². The fourth-order valence-corrected chi connectivity index (χ4v) is 2.00. The van der Waals surface area contributed by atoms with Crippen molar-refractivity contribution in [3.05, 3.63) is 53.6 Å². The number of hydrogen-bond acceptors (Lipinski definition) is 3. The molecule has 4 nitrogen and oxygen atoms in total. The molecular formula is C17H19ClN2O2. The zero-order valence-corrected chi connectivity index (χ0v) is 13.4.